The topological polar surface area (TPSA) is 95.4 Å². The van der Waals surface area contributed by atoms with Gasteiger partial charge in [-0.2, -0.15) is 4.98 Å². The number of nitrogens with one attached hydrogen (secondary N) is 1. The van der Waals surface area contributed by atoms with Crippen LogP contribution in [0.5, 0.6) is 11.8 Å². The van der Waals surface area contributed by atoms with Gasteiger partial charge in [0.25, 0.3) is 0 Å². The molecule has 0 saturated heterocycles. The second-order valence-electron chi connectivity index (χ2n) is 3.84. The van der Waals surface area contributed by atoms with Crippen LogP contribution >= 0.6 is 0 Å². The van der Waals surface area contributed by atoms with Gasteiger partial charge in [0.15, 0.2) is 0 Å². The highest BCUT2D eigenvalue weighted by Gasteiger charge is 2.23. The number of aryl methyl sites for hydroxylation is 1. The first-order chi connectivity index (χ1) is 9.21. The number of aromatic nitrogens is 2. The zero-order chi connectivity index (χ0) is 13.8. The fraction of sp³-hybridized carbons (Fsp3) is 0.333. The van der Waals surface area contributed by atoms with E-state index in [9.17, 15) is 0 Å². The summed E-state index contributed by atoms with van der Waals surface area (Å²) < 4.78 is 15.5. The molecular weight excluding hydrogens is 248 g/mol. The lowest BCUT2D eigenvalue weighted by Crippen LogP contribution is -2.30. The Balaban J connectivity index is 2.46. The average Bonchev–Trinajstić information content (AvgIpc) is 2.86. The summed E-state index contributed by atoms with van der Waals surface area (Å²) in [5.74, 6) is 7.09. The molecule has 19 heavy (non-hydrogen) atoms. The summed E-state index contributed by atoms with van der Waals surface area (Å²) >= 11 is 0. The highest BCUT2D eigenvalue weighted by molar-refractivity contribution is 5.35. The van der Waals surface area contributed by atoms with E-state index in [1.165, 1.54) is 20.4 Å². The molecule has 0 amide bonds. The Morgan fingerprint density at radius 2 is 2.16 bits per heavy atom. The molecule has 1 unspecified atom stereocenters. The maximum atomic E-state index is 5.61. The van der Waals surface area contributed by atoms with Crippen LogP contribution in [0.4, 0.5) is 0 Å². The molecule has 0 aliphatic carbocycles. The first kappa shape index (κ1) is 13.3. The summed E-state index contributed by atoms with van der Waals surface area (Å²) in [5, 5.41) is 0. The maximum Gasteiger partial charge on any atom is 0.240 e. The molecule has 0 spiro atoms. The standard InChI is InChI=1S/C12H16N4O3/c1-7-8(4-5-19-7)10(16-13)11-12(18-3)15-9(17-2)6-14-11/h4-6,10,16H,13H2,1-3H3. The lowest BCUT2D eigenvalue weighted by atomic mass is 10.1. The van der Waals surface area contributed by atoms with Gasteiger partial charge in [0.1, 0.15) is 11.5 Å². The van der Waals surface area contributed by atoms with Gasteiger partial charge in [0.2, 0.25) is 11.8 Å². The van der Waals surface area contributed by atoms with E-state index in [1.807, 2.05) is 13.0 Å². The minimum Gasteiger partial charge on any atom is -0.480 e. The van der Waals surface area contributed by atoms with Gasteiger partial charge in [0, 0.05) is 5.56 Å². The van der Waals surface area contributed by atoms with Crippen LogP contribution in [0.2, 0.25) is 0 Å². The van der Waals surface area contributed by atoms with Gasteiger partial charge in [-0.1, -0.05) is 0 Å². The number of hydrazine groups is 1. The molecule has 0 fully saturated rings. The Hall–Kier alpha value is -2.12. The first-order valence-electron chi connectivity index (χ1n) is 5.66. The van der Waals surface area contributed by atoms with E-state index in [2.05, 4.69) is 15.4 Å². The van der Waals surface area contributed by atoms with E-state index in [0.29, 0.717) is 17.5 Å². The third kappa shape index (κ3) is 2.51. The number of rotatable bonds is 5. The molecule has 0 saturated carbocycles. The van der Waals surface area contributed by atoms with E-state index in [1.54, 1.807) is 6.26 Å². The molecule has 102 valence electrons. The molecule has 0 aliphatic rings. The van der Waals surface area contributed by atoms with Crippen LogP contribution in [-0.4, -0.2) is 24.2 Å². The van der Waals surface area contributed by atoms with E-state index in [0.717, 1.165) is 11.3 Å². The quantitative estimate of drug-likeness (QED) is 0.613. The second kappa shape index (κ2) is 5.68. The highest BCUT2D eigenvalue weighted by atomic mass is 16.5. The van der Waals surface area contributed by atoms with Crippen molar-refractivity contribution >= 4 is 0 Å². The van der Waals surface area contributed by atoms with Gasteiger partial charge in [-0.3, -0.25) is 5.84 Å². The van der Waals surface area contributed by atoms with Gasteiger partial charge in [-0.15, -0.1) is 0 Å². The van der Waals surface area contributed by atoms with Crippen molar-refractivity contribution in [2.45, 2.75) is 13.0 Å². The molecule has 0 aliphatic heterocycles. The van der Waals surface area contributed by atoms with Crippen molar-refractivity contribution in [3.8, 4) is 11.8 Å². The molecule has 2 rings (SSSR count). The van der Waals surface area contributed by atoms with E-state index < -0.39 is 0 Å². The molecule has 2 heterocycles. The van der Waals surface area contributed by atoms with E-state index in [-0.39, 0.29) is 6.04 Å². The smallest absolute Gasteiger partial charge is 0.240 e. The molecule has 3 N–H and O–H groups in total. The van der Waals surface area contributed by atoms with Crippen LogP contribution in [0.15, 0.2) is 22.9 Å². The van der Waals surface area contributed by atoms with E-state index in [4.69, 9.17) is 19.7 Å². The van der Waals surface area contributed by atoms with Gasteiger partial charge < -0.3 is 13.9 Å². The number of ether oxygens (including phenoxy) is 2. The molecule has 0 bridgehead atoms. The Morgan fingerprint density at radius 1 is 1.37 bits per heavy atom. The van der Waals surface area contributed by atoms with E-state index >= 15 is 0 Å². The summed E-state index contributed by atoms with van der Waals surface area (Å²) in [6, 6.07) is 1.46. The van der Waals surface area contributed by atoms with Crippen LogP contribution in [0.25, 0.3) is 0 Å². The van der Waals surface area contributed by atoms with Gasteiger partial charge in [-0.25, -0.2) is 10.4 Å². The number of nitrogens with two attached hydrogens (primary N) is 1. The molecule has 7 heteroatoms. The van der Waals surface area contributed by atoms with Crippen molar-refractivity contribution in [2.75, 3.05) is 14.2 Å². The summed E-state index contributed by atoms with van der Waals surface area (Å²) in [4.78, 5) is 8.48. The lowest BCUT2D eigenvalue weighted by molar-refractivity contribution is 0.352. The maximum absolute atomic E-state index is 5.61. The summed E-state index contributed by atoms with van der Waals surface area (Å²) in [6.45, 7) is 1.85. The monoisotopic (exact) mass is 264 g/mol. The van der Waals surface area contributed by atoms with Crippen molar-refractivity contribution < 1.29 is 13.9 Å². The molecule has 2 aromatic rings. The fourth-order valence-electron chi connectivity index (χ4n) is 1.82. The lowest BCUT2D eigenvalue weighted by Gasteiger charge is -2.17. The number of nitrogens with zero attached hydrogens (tertiary/aromatic N) is 2. The molecular formula is C12H16N4O3. The minimum atomic E-state index is -0.368. The van der Waals surface area contributed by atoms with Gasteiger partial charge in [-0.05, 0) is 13.0 Å². The van der Waals surface area contributed by atoms with Crippen LogP contribution in [0.3, 0.4) is 0 Å². The van der Waals surface area contributed by atoms with Crippen molar-refractivity contribution in [3.05, 3.63) is 35.5 Å². The van der Waals surface area contributed by atoms with Crippen molar-refractivity contribution in [3.63, 3.8) is 0 Å². The Kier molecular flexibility index (Phi) is 3.98. The summed E-state index contributed by atoms with van der Waals surface area (Å²) in [5.41, 5.74) is 4.13. The van der Waals surface area contributed by atoms with Crippen LogP contribution < -0.4 is 20.7 Å². The van der Waals surface area contributed by atoms with Crippen molar-refractivity contribution in [2.24, 2.45) is 5.84 Å². The second-order valence-corrected chi connectivity index (χ2v) is 3.84. The SMILES string of the molecule is COc1cnc(C(NN)c2ccoc2C)c(OC)n1. The summed E-state index contributed by atoms with van der Waals surface area (Å²) in [6.07, 6.45) is 3.11. The molecule has 7 nitrogen and oxygen atoms in total. The first-order valence-corrected chi connectivity index (χ1v) is 5.66. The predicted octanol–water partition coefficient (Wildman–Crippen LogP) is 0.948. The molecule has 1 atom stereocenters. The van der Waals surface area contributed by atoms with Crippen molar-refractivity contribution in [1.29, 1.82) is 0 Å². The Morgan fingerprint density at radius 3 is 2.68 bits per heavy atom. The highest BCUT2D eigenvalue weighted by Crippen LogP contribution is 2.29. The number of hydrogen-bond acceptors (Lipinski definition) is 7. The van der Waals surface area contributed by atoms with Gasteiger partial charge >= 0.3 is 0 Å². The van der Waals surface area contributed by atoms with Crippen molar-refractivity contribution in [1.82, 2.24) is 15.4 Å². The predicted molar refractivity (Wildman–Crippen MR) is 67.7 cm³/mol. The average molecular weight is 264 g/mol. The normalized spacial score (nSPS) is 12.2. The zero-order valence-corrected chi connectivity index (χ0v) is 11.0. The molecule has 2 aromatic heterocycles. The fourth-order valence-corrected chi connectivity index (χ4v) is 1.82. The van der Waals surface area contributed by atoms with Gasteiger partial charge in [0.05, 0.1) is 32.7 Å². The number of hydrogen-bond donors (Lipinski definition) is 2. The Bertz CT molecular complexity index is 556. The third-order valence-electron chi connectivity index (χ3n) is 2.80. The van der Waals surface area contributed by atoms with Crippen LogP contribution in [0, 0.1) is 6.92 Å². The minimum absolute atomic E-state index is 0.350. The third-order valence-corrected chi connectivity index (χ3v) is 2.80. The Labute approximate surface area is 110 Å². The van der Waals surface area contributed by atoms with Crippen LogP contribution in [-0.2, 0) is 0 Å². The number of furan rings is 1. The zero-order valence-electron chi connectivity index (χ0n) is 11.0. The largest absolute Gasteiger partial charge is 0.480 e. The van der Waals surface area contributed by atoms with Crippen LogP contribution in [0.1, 0.15) is 23.1 Å². The molecule has 0 radical (unpaired) electrons. The molecule has 0 aromatic carbocycles. The summed E-state index contributed by atoms with van der Waals surface area (Å²) in [7, 11) is 3.03. The number of methoxy groups -OCH3 is 2.